The van der Waals surface area contributed by atoms with Gasteiger partial charge in [-0.1, -0.05) is 251 Å². The van der Waals surface area contributed by atoms with Crippen molar-refractivity contribution >= 4 is 33.4 Å². The van der Waals surface area contributed by atoms with Crippen LogP contribution in [0.3, 0.4) is 0 Å². The average molecular weight is 964 g/mol. The standard InChI is InChI=1S/C74H61N/c1-50-44-46-63-67(48-50)74(55-30-11-5-12-31-55,56-32-13-6-14-33-56)65-40-23-43-70(72(63)65)75(69-42-20-17-36-61(69)62-38-22-27-52-26-21-37-58(71(52)62)51-24-7-3-8-25-51)68-41-19-16-34-57(68)53-45-47-60-59-35-15-18-39-64(59)73(2,66(60)49-53)54-28-9-4-10-29-54/h4-6,9-23,26-47,49-51H,3,7-8,24-25,48H2,1-2H3. The summed E-state index contributed by atoms with van der Waals surface area (Å²) in [7, 11) is 0. The van der Waals surface area contributed by atoms with Crippen LogP contribution < -0.4 is 4.90 Å². The Hall–Kier alpha value is -8.26. The summed E-state index contributed by atoms with van der Waals surface area (Å²) in [5, 5.41) is 2.70. The van der Waals surface area contributed by atoms with Gasteiger partial charge in [0.15, 0.2) is 0 Å². The Bertz CT molecular complexity index is 3830. The highest BCUT2D eigenvalue weighted by molar-refractivity contribution is 6.06. The lowest BCUT2D eigenvalue weighted by Gasteiger charge is -2.37. The molecule has 2 atom stereocenters. The number of benzene rings is 10. The Labute approximate surface area is 443 Å². The maximum absolute atomic E-state index is 2.66. The summed E-state index contributed by atoms with van der Waals surface area (Å²) in [5.41, 5.74) is 23.8. The number of allylic oxidation sites excluding steroid dienone is 4. The fourth-order valence-corrected chi connectivity index (χ4v) is 14.4. The van der Waals surface area contributed by atoms with E-state index in [2.05, 4.69) is 267 Å². The maximum atomic E-state index is 2.66. The second-order valence-electron chi connectivity index (χ2n) is 21.9. The highest BCUT2D eigenvalue weighted by atomic mass is 15.2. The summed E-state index contributed by atoms with van der Waals surface area (Å²) in [6.45, 7) is 4.81. The smallest absolute Gasteiger partial charge is 0.0677 e. The van der Waals surface area contributed by atoms with E-state index in [9.17, 15) is 0 Å². The molecule has 4 aliphatic rings. The predicted molar refractivity (Wildman–Crippen MR) is 315 cm³/mol. The quantitative estimate of drug-likeness (QED) is 0.139. The van der Waals surface area contributed by atoms with Crippen LogP contribution in [0, 0.1) is 5.92 Å². The van der Waals surface area contributed by atoms with Crippen molar-refractivity contribution in [1.82, 2.24) is 0 Å². The molecule has 0 aliphatic heterocycles. The van der Waals surface area contributed by atoms with Gasteiger partial charge in [0.25, 0.3) is 0 Å². The Morgan fingerprint density at radius 2 is 0.987 bits per heavy atom. The first kappa shape index (κ1) is 45.4. The minimum absolute atomic E-state index is 0.333. The fraction of sp³-hybridized carbons (Fsp3) is 0.162. The van der Waals surface area contributed by atoms with Gasteiger partial charge >= 0.3 is 0 Å². The molecule has 4 aliphatic carbocycles. The van der Waals surface area contributed by atoms with Crippen molar-refractivity contribution in [3.8, 4) is 33.4 Å². The summed E-state index contributed by atoms with van der Waals surface area (Å²) in [4.78, 5) is 2.66. The molecule has 10 aromatic carbocycles. The zero-order valence-electron chi connectivity index (χ0n) is 43.0. The molecule has 1 heteroatoms. The molecular weight excluding hydrogens is 903 g/mol. The lowest BCUT2D eigenvalue weighted by atomic mass is 9.65. The monoisotopic (exact) mass is 963 g/mol. The third-order valence-corrected chi connectivity index (χ3v) is 17.8. The molecule has 0 N–H and O–H groups in total. The van der Waals surface area contributed by atoms with Gasteiger partial charge in [-0.25, -0.2) is 0 Å². The number of nitrogens with zero attached hydrogens (tertiary/aromatic N) is 1. The summed E-state index contributed by atoms with van der Waals surface area (Å²) in [6, 6.07) is 90.0. The molecule has 0 spiro atoms. The lowest BCUT2D eigenvalue weighted by molar-refractivity contribution is 0.445. The van der Waals surface area contributed by atoms with E-state index in [-0.39, 0.29) is 5.41 Å². The number of fused-ring (bicyclic) bond motifs is 6. The molecule has 1 saturated carbocycles. The van der Waals surface area contributed by atoms with E-state index < -0.39 is 5.41 Å². The molecule has 1 nitrogen and oxygen atoms in total. The molecule has 1 fully saturated rings. The normalized spacial score (nSPS) is 18.3. The molecule has 0 amide bonds. The van der Waals surface area contributed by atoms with Crippen LogP contribution in [0.5, 0.6) is 0 Å². The van der Waals surface area contributed by atoms with Crippen LogP contribution in [0.15, 0.2) is 254 Å². The number of hydrogen-bond acceptors (Lipinski definition) is 1. The zero-order valence-corrected chi connectivity index (χ0v) is 43.0. The molecule has 362 valence electrons. The van der Waals surface area contributed by atoms with Crippen molar-refractivity contribution in [2.24, 2.45) is 5.92 Å². The van der Waals surface area contributed by atoms with E-state index in [1.165, 1.54) is 143 Å². The van der Waals surface area contributed by atoms with Crippen molar-refractivity contribution in [3.63, 3.8) is 0 Å². The SMILES string of the molecule is CC1C=CC2=C(C1)C(c1ccccc1)(c1ccccc1)c1cccc(N(c3ccccc3-c3ccc4c(c3)C(C)(c3ccccc3)c3ccccc3-4)c3ccccc3-c3cccc4cccc(C5CCCCC5)c34)c12. The van der Waals surface area contributed by atoms with Crippen molar-refractivity contribution in [2.45, 2.75) is 69.1 Å². The maximum Gasteiger partial charge on any atom is 0.0677 e. The van der Waals surface area contributed by atoms with Gasteiger partial charge < -0.3 is 4.90 Å². The largest absolute Gasteiger partial charge is 0.309 e. The van der Waals surface area contributed by atoms with Gasteiger partial charge in [0.1, 0.15) is 0 Å². The third-order valence-electron chi connectivity index (χ3n) is 17.8. The van der Waals surface area contributed by atoms with Gasteiger partial charge in [-0.05, 0) is 145 Å². The molecule has 0 aromatic heterocycles. The molecular formula is C74H61N. The number of hydrogen-bond donors (Lipinski definition) is 0. The minimum Gasteiger partial charge on any atom is -0.309 e. The Balaban J connectivity index is 1.06. The van der Waals surface area contributed by atoms with E-state index >= 15 is 0 Å². The van der Waals surface area contributed by atoms with Gasteiger partial charge in [0, 0.05) is 22.1 Å². The zero-order chi connectivity index (χ0) is 50.1. The van der Waals surface area contributed by atoms with Crippen molar-refractivity contribution in [1.29, 1.82) is 0 Å². The van der Waals surface area contributed by atoms with Gasteiger partial charge in [-0.15, -0.1) is 0 Å². The first-order valence-corrected chi connectivity index (χ1v) is 27.5. The summed E-state index contributed by atoms with van der Waals surface area (Å²) in [5.74, 6) is 0.940. The minimum atomic E-state index is -0.492. The third kappa shape index (κ3) is 7.04. The first-order chi connectivity index (χ1) is 37.0. The van der Waals surface area contributed by atoms with Gasteiger partial charge in [-0.3, -0.25) is 0 Å². The topological polar surface area (TPSA) is 3.24 Å². The molecule has 0 radical (unpaired) electrons. The van der Waals surface area contributed by atoms with Crippen LogP contribution in [0.25, 0.3) is 49.7 Å². The molecule has 0 bridgehead atoms. The van der Waals surface area contributed by atoms with Gasteiger partial charge in [0.2, 0.25) is 0 Å². The molecule has 2 unspecified atom stereocenters. The van der Waals surface area contributed by atoms with Crippen LogP contribution in [0.1, 0.15) is 103 Å². The van der Waals surface area contributed by atoms with Gasteiger partial charge in [0.05, 0.1) is 22.5 Å². The van der Waals surface area contributed by atoms with E-state index in [0.29, 0.717) is 11.8 Å². The highest BCUT2D eigenvalue weighted by Crippen LogP contribution is 2.62. The second kappa shape index (κ2) is 18.3. The van der Waals surface area contributed by atoms with E-state index in [1.807, 2.05) is 0 Å². The van der Waals surface area contributed by atoms with E-state index in [4.69, 9.17) is 0 Å². The fourth-order valence-electron chi connectivity index (χ4n) is 14.4. The van der Waals surface area contributed by atoms with Crippen LogP contribution in [0.4, 0.5) is 17.1 Å². The Morgan fingerprint density at radius 1 is 0.440 bits per heavy atom. The Kier molecular flexibility index (Phi) is 11.1. The number of rotatable bonds is 9. The van der Waals surface area contributed by atoms with Crippen molar-refractivity contribution in [2.75, 3.05) is 4.90 Å². The number of para-hydroxylation sites is 2. The molecule has 14 rings (SSSR count). The van der Waals surface area contributed by atoms with Crippen LogP contribution in [-0.4, -0.2) is 0 Å². The molecule has 0 heterocycles. The highest BCUT2D eigenvalue weighted by Gasteiger charge is 2.49. The molecule has 10 aromatic rings. The number of anilines is 3. The first-order valence-electron chi connectivity index (χ1n) is 27.5. The van der Waals surface area contributed by atoms with Crippen molar-refractivity contribution in [3.05, 3.63) is 299 Å². The summed E-state index contributed by atoms with van der Waals surface area (Å²) in [6.07, 6.45) is 12.3. The van der Waals surface area contributed by atoms with Crippen LogP contribution in [0.2, 0.25) is 0 Å². The van der Waals surface area contributed by atoms with Crippen LogP contribution in [-0.2, 0) is 10.8 Å². The summed E-state index contributed by atoms with van der Waals surface area (Å²) < 4.78 is 0. The van der Waals surface area contributed by atoms with Crippen molar-refractivity contribution < 1.29 is 0 Å². The molecule has 75 heavy (non-hydrogen) atoms. The Morgan fingerprint density at radius 3 is 1.71 bits per heavy atom. The molecule has 0 saturated heterocycles. The predicted octanol–water partition coefficient (Wildman–Crippen LogP) is 19.7. The lowest BCUT2D eigenvalue weighted by Crippen LogP contribution is -2.31. The van der Waals surface area contributed by atoms with Crippen LogP contribution >= 0.6 is 0 Å². The second-order valence-corrected chi connectivity index (χ2v) is 21.9. The average Bonchev–Trinajstić information content (AvgIpc) is 3.95. The van der Waals surface area contributed by atoms with E-state index in [1.54, 1.807) is 0 Å². The summed E-state index contributed by atoms with van der Waals surface area (Å²) >= 11 is 0. The van der Waals surface area contributed by atoms with E-state index in [0.717, 1.165) is 12.1 Å². The van der Waals surface area contributed by atoms with Gasteiger partial charge in [-0.2, -0.15) is 0 Å².